The molecule has 0 amide bonds. The van der Waals surface area contributed by atoms with Crippen molar-refractivity contribution in [1.82, 2.24) is 24.3 Å². The molecule has 0 aliphatic heterocycles. The fourth-order valence-electron chi connectivity index (χ4n) is 2.57. The van der Waals surface area contributed by atoms with Gasteiger partial charge >= 0.3 is 5.69 Å². The number of hydrogen-bond acceptors (Lipinski definition) is 7. The van der Waals surface area contributed by atoms with Crippen LogP contribution in [0.1, 0.15) is 40.8 Å². The number of halogens is 2. The molecule has 4 aromatic heterocycles. The summed E-state index contributed by atoms with van der Waals surface area (Å²) in [5, 5.41) is 14.1. The summed E-state index contributed by atoms with van der Waals surface area (Å²) >= 11 is 0. The number of rotatable bonds is 5. The first kappa shape index (κ1) is 27.0. The van der Waals surface area contributed by atoms with Crippen molar-refractivity contribution in [2.75, 3.05) is 5.32 Å². The number of nitro groups is 1. The van der Waals surface area contributed by atoms with Crippen molar-refractivity contribution < 1.29 is 13.7 Å². The third kappa shape index (κ3) is 6.48. The maximum absolute atomic E-state index is 13.6. The molecule has 0 unspecified atom stereocenters. The van der Waals surface area contributed by atoms with Crippen LogP contribution >= 0.6 is 0 Å². The average Bonchev–Trinajstić information content (AvgIpc) is 3.24. The molecule has 11 heteroatoms. The van der Waals surface area contributed by atoms with Crippen molar-refractivity contribution in [2.45, 2.75) is 41.7 Å². The molecular weight excluding hydrogens is 432 g/mol. The minimum absolute atomic E-state index is 0. The number of imidazole rings is 1. The summed E-state index contributed by atoms with van der Waals surface area (Å²) in [6, 6.07) is 5.44. The summed E-state index contributed by atoms with van der Waals surface area (Å²) in [5.41, 5.74) is 0.967. The zero-order valence-corrected chi connectivity index (χ0v) is 18.1. The molecule has 9 nitrogen and oxygen atoms in total. The highest BCUT2D eigenvalue weighted by Crippen LogP contribution is 2.25. The zero-order valence-electron chi connectivity index (χ0n) is 18.1. The van der Waals surface area contributed by atoms with Crippen LogP contribution in [0.25, 0.3) is 17.2 Å². The van der Waals surface area contributed by atoms with E-state index in [9.17, 15) is 18.9 Å². The molecule has 0 aromatic carbocycles. The fraction of sp³-hybridized carbons (Fsp3) is 0.273. The highest BCUT2D eigenvalue weighted by molar-refractivity contribution is 5.63. The fourth-order valence-corrected chi connectivity index (χ4v) is 2.57. The summed E-state index contributed by atoms with van der Waals surface area (Å²) in [4.78, 5) is 26.9. The maximum atomic E-state index is 13.6. The SMILES string of the molecule is C.CC.CC.O=[N+]([O-])c1cnc(-c2cnc3ccc(F)cn23)nc1NCc1ccc(F)cn1. The largest absolute Gasteiger partial charge is 0.359 e. The van der Waals surface area contributed by atoms with E-state index >= 15 is 0 Å². The molecule has 0 aliphatic rings. The van der Waals surface area contributed by atoms with E-state index in [4.69, 9.17) is 0 Å². The van der Waals surface area contributed by atoms with Crippen LogP contribution in [0.4, 0.5) is 20.3 Å². The van der Waals surface area contributed by atoms with Gasteiger partial charge in [0.1, 0.15) is 29.2 Å². The van der Waals surface area contributed by atoms with Crippen LogP contribution in [-0.2, 0) is 6.54 Å². The van der Waals surface area contributed by atoms with E-state index < -0.39 is 16.6 Å². The summed E-state index contributed by atoms with van der Waals surface area (Å²) < 4.78 is 28.0. The van der Waals surface area contributed by atoms with Crippen LogP contribution in [0.15, 0.2) is 49.1 Å². The Morgan fingerprint density at radius 2 is 1.67 bits per heavy atom. The lowest BCUT2D eigenvalue weighted by Gasteiger charge is -2.07. The summed E-state index contributed by atoms with van der Waals surface area (Å²) in [6.45, 7) is 8.08. The van der Waals surface area contributed by atoms with Gasteiger partial charge < -0.3 is 5.32 Å². The van der Waals surface area contributed by atoms with Gasteiger partial charge in [0.25, 0.3) is 0 Å². The first-order valence-electron chi connectivity index (χ1n) is 10.00. The first-order valence-corrected chi connectivity index (χ1v) is 10.00. The molecular formula is C22H27F2N7O2. The molecule has 0 saturated carbocycles. The molecule has 0 fully saturated rings. The molecule has 1 N–H and O–H groups in total. The Kier molecular flexibility index (Phi) is 10.4. The van der Waals surface area contributed by atoms with Gasteiger partial charge in [-0.2, -0.15) is 0 Å². The Bertz CT molecular complexity index is 1180. The number of nitrogens with zero attached hydrogens (tertiary/aromatic N) is 6. The van der Waals surface area contributed by atoms with Gasteiger partial charge in [0.05, 0.1) is 29.6 Å². The maximum Gasteiger partial charge on any atom is 0.329 e. The molecule has 0 spiro atoms. The molecule has 0 aliphatic carbocycles. The predicted molar refractivity (Wildman–Crippen MR) is 124 cm³/mol. The quantitative estimate of drug-likeness (QED) is 0.302. The van der Waals surface area contributed by atoms with E-state index in [2.05, 4.69) is 25.3 Å². The second-order valence-electron chi connectivity index (χ2n) is 5.72. The minimum Gasteiger partial charge on any atom is -0.359 e. The third-order valence-corrected chi connectivity index (χ3v) is 3.89. The molecule has 0 saturated heterocycles. The van der Waals surface area contributed by atoms with Gasteiger partial charge in [-0.05, 0) is 24.3 Å². The average molecular weight is 460 g/mol. The third-order valence-electron chi connectivity index (χ3n) is 3.89. The molecule has 0 radical (unpaired) electrons. The number of pyridine rings is 2. The van der Waals surface area contributed by atoms with Crippen molar-refractivity contribution in [3.8, 4) is 11.5 Å². The Morgan fingerprint density at radius 3 is 2.30 bits per heavy atom. The van der Waals surface area contributed by atoms with E-state index in [0.717, 1.165) is 12.4 Å². The number of anilines is 1. The van der Waals surface area contributed by atoms with Crippen LogP contribution in [-0.4, -0.2) is 29.3 Å². The Hall–Kier alpha value is -4.02. The van der Waals surface area contributed by atoms with Crippen LogP contribution in [0, 0.1) is 21.7 Å². The second kappa shape index (κ2) is 12.7. The van der Waals surface area contributed by atoms with Crippen LogP contribution in [0.3, 0.4) is 0 Å². The van der Waals surface area contributed by atoms with Gasteiger partial charge in [-0.25, -0.2) is 23.7 Å². The topological polar surface area (TPSA) is 111 Å². The van der Waals surface area contributed by atoms with Crippen LogP contribution < -0.4 is 5.32 Å². The smallest absolute Gasteiger partial charge is 0.329 e. The van der Waals surface area contributed by atoms with Crippen molar-refractivity contribution >= 4 is 17.2 Å². The minimum atomic E-state index is -0.627. The van der Waals surface area contributed by atoms with Crippen molar-refractivity contribution in [1.29, 1.82) is 0 Å². The van der Waals surface area contributed by atoms with E-state index in [1.807, 2.05) is 27.7 Å². The summed E-state index contributed by atoms with van der Waals surface area (Å²) in [5.74, 6) is -0.890. The van der Waals surface area contributed by atoms with E-state index in [1.54, 1.807) is 0 Å². The second-order valence-corrected chi connectivity index (χ2v) is 5.72. The normalized spacial score (nSPS) is 9.64. The molecule has 4 rings (SSSR count). The van der Waals surface area contributed by atoms with Gasteiger partial charge in [0, 0.05) is 6.20 Å². The number of nitrogens with one attached hydrogen (secondary N) is 1. The van der Waals surface area contributed by atoms with Gasteiger partial charge in [0.2, 0.25) is 5.82 Å². The molecule has 4 heterocycles. The zero-order chi connectivity index (χ0) is 23.7. The summed E-state index contributed by atoms with van der Waals surface area (Å²) in [6.07, 6.45) is 4.77. The van der Waals surface area contributed by atoms with Gasteiger partial charge in [-0.1, -0.05) is 35.1 Å². The first-order chi connectivity index (χ1) is 15.5. The van der Waals surface area contributed by atoms with Crippen LogP contribution in [0.5, 0.6) is 0 Å². The van der Waals surface area contributed by atoms with Crippen molar-refractivity contribution in [3.05, 3.63) is 76.5 Å². The van der Waals surface area contributed by atoms with Gasteiger partial charge in [-0.3, -0.25) is 19.5 Å². The number of aromatic nitrogens is 5. The Balaban J connectivity index is 0.00000103. The highest BCUT2D eigenvalue weighted by atomic mass is 19.1. The lowest BCUT2D eigenvalue weighted by Crippen LogP contribution is -2.08. The van der Waals surface area contributed by atoms with Gasteiger partial charge in [-0.15, -0.1) is 0 Å². The molecule has 176 valence electrons. The van der Waals surface area contributed by atoms with E-state index in [-0.39, 0.29) is 31.3 Å². The van der Waals surface area contributed by atoms with E-state index in [0.29, 0.717) is 17.0 Å². The van der Waals surface area contributed by atoms with E-state index in [1.165, 1.54) is 41.1 Å². The van der Waals surface area contributed by atoms with Crippen molar-refractivity contribution in [2.24, 2.45) is 0 Å². The molecule has 33 heavy (non-hydrogen) atoms. The molecule has 0 bridgehead atoms. The predicted octanol–water partition coefficient (Wildman–Crippen LogP) is 5.67. The highest BCUT2D eigenvalue weighted by Gasteiger charge is 2.19. The van der Waals surface area contributed by atoms with Gasteiger partial charge in [0.15, 0.2) is 5.82 Å². The number of hydrogen-bond donors (Lipinski definition) is 1. The standard InChI is InChI=1S/C17H11F2N7O2.2C2H6.CH4/c18-10-1-3-12(20-5-10)6-22-17-14(26(27)28)8-23-16(24-17)13-7-21-15-4-2-11(19)9-25(13)15;2*1-2;/h1-5,7-9H,6H2,(H,22,23,24);2*1-2H3;1H4. The number of fused-ring (bicyclic) bond motifs is 1. The lowest BCUT2D eigenvalue weighted by atomic mass is 10.3. The summed E-state index contributed by atoms with van der Waals surface area (Å²) in [7, 11) is 0. The Labute approximate surface area is 190 Å². The Morgan fingerprint density at radius 1 is 0.970 bits per heavy atom. The van der Waals surface area contributed by atoms with Crippen LogP contribution in [0.2, 0.25) is 0 Å². The lowest BCUT2D eigenvalue weighted by molar-refractivity contribution is -0.384. The molecule has 4 aromatic rings. The monoisotopic (exact) mass is 459 g/mol. The van der Waals surface area contributed by atoms with Crippen molar-refractivity contribution in [3.63, 3.8) is 0 Å². The molecule has 0 atom stereocenters.